The molecule has 0 bridgehead atoms. The zero-order chi connectivity index (χ0) is 109. The number of nitrogens with zero attached hydrogens (tertiary/aromatic N) is 10. The van der Waals surface area contributed by atoms with Gasteiger partial charge in [-0.2, -0.15) is 80.4 Å². The fourth-order valence-corrected chi connectivity index (χ4v) is 17.0. The number of alkyl halides is 9. The van der Waals surface area contributed by atoms with Crippen molar-refractivity contribution >= 4 is 105 Å². The van der Waals surface area contributed by atoms with Crippen LogP contribution in [-0.2, 0) is 85.5 Å². The molecule has 0 saturated carbocycles. The van der Waals surface area contributed by atoms with Crippen molar-refractivity contribution < 1.29 is 113 Å². The van der Waals surface area contributed by atoms with Gasteiger partial charge in [-0.3, -0.25) is 14.4 Å². The molecule has 150 heavy (non-hydrogen) atoms. The average molecular weight is 2110 g/mol. The van der Waals surface area contributed by atoms with Crippen LogP contribution in [-0.4, -0.2) is 108 Å². The fourth-order valence-electron chi connectivity index (χ4n) is 14.5. The van der Waals surface area contributed by atoms with Crippen molar-refractivity contribution in [2.45, 2.75) is 151 Å². The molecule has 1 aliphatic rings. The number of hydrogen-bond donors (Lipinski definition) is 5. The predicted molar refractivity (Wildman–Crippen MR) is 543 cm³/mol. The Kier molecular flexibility index (Phi) is 35.8. The van der Waals surface area contributed by atoms with Gasteiger partial charge in [-0.05, 0) is 285 Å². The Labute approximate surface area is 857 Å². The number of esters is 2. The Morgan fingerprint density at radius 3 is 1.02 bits per heavy atom. The van der Waals surface area contributed by atoms with E-state index in [0.29, 0.717) is 90.6 Å². The monoisotopic (exact) mass is 2110 g/mol. The standard InChI is InChI=1S/C37H34F3N5O5S.C33H26F3N5O5S.C20H22N2O4.C19H16F3NO2S/c1-24-9-11-26(12-10-24)32-23-33(37(38,39)40)43-45(32)29-18-20-30(21-19-29)51(48,49)44-34(46)22-15-25-7-5-6-8-31(25)42-41-28-16-13-27(14-17-28)35(47)50-36(2,3)4;1-21-6-8-23(9-7-21)29-20-30(33(34,35)36)39-41(29)26-15-17-27(18-16-26)47(45,46)40-31(42)19-12-22-4-2-3-5-28(22)38-37-25-13-10-24(11-14-25)32(43)44;1-20(2,3)26-19(25)15-8-11-16(12-9-15)21-22-17-7-5-4-6-14(17)10-13-18(23)24;1-12-2-4-13(5-3-12)17-10-15(19(20,21)22)11-18(17)14-6-8-16(9-7-14)26(23,24)25/h5-14,16-21,23H,15,22H2,1-4H3,(H,44,46);2-11,13-18,20H,12,19H2,1H3,(H,40,42)(H,43,44);4-9,11-12H,10,13H2,1-3H3,(H,23,24);2-11,18H,1H3,(H2,23,24,25). The van der Waals surface area contributed by atoms with E-state index in [1.54, 1.807) is 185 Å². The molecule has 0 aliphatic heterocycles. The number of carboxylic acids is 2. The number of allylic oxidation sites excluding steroid dienone is 4. The van der Waals surface area contributed by atoms with Crippen LogP contribution in [0, 0.1) is 20.8 Å². The first-order valence-corrected chi connectivity index (χ1v) is 50.3. The van der Waals surface area contributed by atoms with Gasteiger partial charge in [-0.15, -0.1) is 0 Å². The molecule has 1 atom stereocenters. The first-order valence-electron chi connectivity index (χ1n) is 45.8. The number of rotatable bonds is 29. The first kappa shape index (κ1) is 112. The smallest absolute Gasteiger partial charge is 0.435 e. The quantitative estimate of drug-likeness (QED) is 0.0165. The van der Waals surface area contributed by atoms with Crippen LogP contribution in [0.25, 0.3) is 39.5 Å². The van der Waals surface area contributed by atoms with E-state index >= 15 is 0 Å². The number of hydrogen-bond acceptors (Lipinski definition) is 22. The molecule has 2 amide bonds. The molecule has 41 heteroatoms. The van der Waals surface area contributed by atoms with Crippen LogP contribution in [0.5, 0.6) is 0 Å². The minimum atomic E-state index is -4.70. The summed E-state index contributed by atoms with van der Waals surface area (Å²) in [5, 5.41) is 55.6. The van der Waals surface area contributed by atoms with Crippen LogP contribution in [0.2, 0.25) is 0 Å². The van der Waals surface area contributed by atoms with E-state index in [1.165, 1.54) is 97.1 Å². The molecule has 2 heterocycles. The Bertz CT molecular complexity index is 7790. The molecule has 1 unspecified atom stereocenters. The second-order valence-corrected chi connectivity index (χ2v) is 40.9. The van der Waals surface area contributed by atoms with E-state index < -0.39 is 112 Å². The number of aryl methyl sites for hydroxylation is 6. The molecule has 12 aromatic carbocycles. The summed E-state index contributed by atoms with van der Waals surface area (Å²) in [6.45, 7) is 16.4. The molecule has 0 radical (unpaired) electrons. The molecule has 15 rings (SSSR count). The maximum Gasteiger partial charge on any atom is 0.435 e. The van der Waals surface area contributed by atoms with Gasteiger partial charge in [0.1, 0.15) is 11.2 Å². The number of sulfonamides is 3. The number of carbonyl (C=O) groups excluding carboxylic acids is 4. The number of carboxylic acid groups (broad SMARTS) is 2. The minimum absolute atomic E-state index is 0.0388. The molecule has 0 saturated heterocycles. The van der Waals surface area contributed by atoms with Gasteiger partial charge in [0.25, 0.3) is 20.0 Å². The normalized spacial score (nSPS) is 13.0. The van der Waals surface area contributed by atoms with Gasteiger partial charge in [-0.1, -0.05) is 162 Å². The second kappa shape index (κ2) is 47.9. The third-order valence-electron chi connectivity index (χ3n) is 22.0. The molecule has 0 fully saturated rings. The number of primary sulfonamides is 1. The number of benzene rings is 12. The van der Waals surface area contributed by atoms with Crippen LogP contribution >= 0.6 is 0 Å². The highest BCUT2D eigenvalue weighted by atomic mass is 32.2. The maximum atomic E-state index is 13.6. The molecular formula is C109H98F9N13O16S3. The minimum Gasteiger partial charge on any atom is -0.481 e. The summed E-state index contributed by atoms with van der Waals surface area (Å²) < 4.78 is 213. The highest BCUT2D eigenvalue weighted by Gasteiger charge is 2.40. The lowest BCUT2D eigenvalue weighted by atomic mass is 9.89. The van der Waals surface area contributed by atoms with E-state index in [4.69, 9.17) is 24.8 Å². The molecule has 14 aromatic rings. The number of halogens is 9. The van der Waals surface area contributed by atoms with Crippen molar-refractivity contribution in [3.05, 3.63) is 394 Å². The van der Waals surface area contributed by atoms with Crippen LogP contribution < -0.4 is 14.6 Å². The van der Waals surface area contributed by atoms with Crippen LogP contribution in [0.1, 0.15) is 154 Å². The number of azo groups is 3. The maximum absolute atomic E-state index is 13.6. The van der Waals surface area contributed by atoms with Crippen molar-refractivity contribution in [3.8, 4) is 33.9 Å². The molecule has 29 nitrogen and oxygen atoms in total. The molecule has 1 aliphatic carbocycles. The molecule has 0 spiro atoms. The summed E-state index contributed by atoms with van der Waals surface area (Å²) >= 11 is 0. The largest absolute Gasteiger partial charge is 0.481 e. The average Bonchev–Trinajstić information content (AvgIpc) is 1.63. The van der Waals surface area contributed by atoms with Crippen molar-refractivity contribution in [1.82, 2.24) is 29.0 Å². The number of ether oxygens (including phenoxy) is 2. The predicted octanol–water partition coefficient (Wildman–Crippen LogP) is 25.5. The van der Waals surface area contributed by atoms with Crippen LogP contribution in [0.15, 0.2) is 366 Å². The topological polar surface area (TPSA) is 424 Å². The molecule has 776 valence electrons. The Balaban J connectivity index is 0.000000185. The first-order chi connectivity index (χ1) is 70.6. The summed E-state index contributed by atoms with van der Waals surface area (Å²) in [5.74, 6) is -4.95. The highest BCUT2D eigenvalue weighted by molar-refractivity contribution is 7.90. The lowest BCUT2D eigenvalue weighted by Crippen LogP contribution is -2.30. The number of aliphatic carboxylic acids is 1. The van der Waals surface area contributed by atoms with Gasteiger partial charge in [0.2, 0.25) is 21.8 Å². The lowest BCUT2D eigenvalue weighted by molar-refractivity contribution is -0.142. The number of aromatic carboxylic acids is 1. The van der Waals surface area contributed by atoms with E-state index in [0.717, 1.165) is 55.9 Å². The van der Waals surface area contributed by atoms with E-state index in [1.807, 2.05) is 81.3 Å². The molecule has 2 aromatic heterocycles. The summed E-state index contributed by atoms with van der Waals surface area (Å²) in [5.41, 5.74) is 8.23. The highest BCUT2D eigenvalue weighted by Crippen LogP contribution is 2.46. The molecule has 6 N–H and O–H groups in total. The van der Waals surface area contributed by atoms with Crippen molar-refractivity contribution in [3.63, 3.8) is 0 Å². The number of nitrogens with two attached hydrogens (primary N) is 1. The zero-order valence-corrected chi connectivity index (χ0v) is 84.1. The fraction of sp³-hybridized carbons (Fsp3) is 0.193. The Morgan fingerprint density at radius 1 is 0.387 bits per heavy atom. The second-order valence-electron chi connectivity index (χ2n) is 35.9. The third-order valence-corrected chi connectivity index (χ3v) is 25.7. The van der Waals surface area contributed by atoms with Gasteiger partial charge in [0, 0.05) is 36.3 Å². The van der Waals surface area contributed by atoms with Crippen LogP contribution in [0.3, 0.4) is 0 Å². The summed E-state index contributed by atoms with van der Waals surface area (Å²) in [4.78, 5) is 70.9. The SMILES string of the molecule is CC(C)(C)OC(=O)c1ccc(N=Nc2ccccc2CCC(=O)O)cc1.Cc1ccc(-c2cc(C(F)(F)F)nn2-c2ccc(S(=O)(=O)NC(=O)CCc3ccccc3N=Nc3ccc(C(=O)O)cc3)cc2)cc1.Cc1ccc(-c2cc(C(F)(F)F)nn2-c2ccc(S(=O)(=O)NC(=O)CCc3ccccc3N=Nc3ccc(C(=O)OC(C)(C)C)cc3)cc2)cc1.Cc1ccc(C2=CC(C(F)(F)F)=CC2c2ccc(S(N)(=O)=O)cc2)cc1. The van der Waals surface area contributed by atoms with Gasteiger partial charge < -0.3 is 19.7 Å². The van der Waals surface area contributed by atoms with E-state index in [2.05, 4.69) is 40.9 Å². The summed E-state index contributed by atoms with van der Waals surface area (Å²) in [7, 11) is -12.5. The number of amides is 2. The number of carbonyl (C=O) groups is 6. The third kappa shape index (κ3) is 31.9. The Morgan fingerprint density at radius 2 is 0.707 bits per heavy atom. The summed E-state index contributed by atoms with van der Waals surface area (Å²) in [6, 6.07) is 78.2. The van der Waals surface area contributed by atoms with Crippen molar-refractivity contribution in [2.24, 2.45) is 35.8 Å². The molecular weight excluding hydrogens is 2010 g/mol. The van der Waals surface area contributed by atoms with Gasteiger partial charge in [0.15, 0.2) is 11.4 Å². The lowest BCUT2D eigenvalue weighted by Gasteiger charge is -2.19. The summed E-state index contributed by atoms with van der Waals surface area (Å²) in [6.07, 6.45) is -11.2. The number of aromatic nitrogens is 4. The van der Waals surface area contributed by atoms with Gasteiger partial charge in [-0.25, -0.2) is 63.6 Å². The van der Waals surface area contributed by atoms with Crippen molar-refractivity contribution in [2.75, 3.05) is 0 Å². The number of nitrogens with one attached hydrogen (secondary N) is 2. The Hall–Kier alpha value is -16.7. The van der Waals surface area contributed by atoms with Gasteiger partial charge >= 0.3 is 42.4 Å². The van der Waals surface area contributed by atoms with E-state index in [9.17, 15) is 93.5 Å². The van der Waals surface area contributed by atoms with Crippen LogP contribution in [0.4, 0.5) is 73.6 Å². The zero-order valence-electron chi connectivity index (χ0n) is 81.6. The van der Waals surface area contributed by atoms with Crippen molar-refractivity contribution in [1.29, 1.82) is 0 Å². The van der Waals surface area contributed by atoms with Gasteiger partial charge in [0.05, 0.1) is 93.8 Å². The van der Waals surface area contributed by atoms with E-state index in [-0.39, 0.29) is 81.1 Å².